The van der Waals surface area contributed by atoms with Crippen LogP contribution in [0.5, 0.6) is 5.75 Å². The number of carbonyl (C=O) groups is 1. The van der Waals surface area contributed by atoms with Gasteiger partial charge in [-0.3, -0.25) is 4.79 Å². The highest BCUT2D eigenvalue weighted by Gasteiger charge is 2.32. The van der Waals surface area contributed by atoms with Gasteiger partial charge < -0.3 is 10.1 Å². The molecule has 1 amide bonds. The molecule has 1 N–H and O–H groups in total. The van der Waals surface area contributed by atoms with Crippen LogP contribution in [0.2, 0.25) is 0 Å². The third-order valence-corrected chi connectivity index (χ3v) is 6.81. The second-order valence-electron chi connectivity index (χ2n) is 7.35. The molecule has 1 aliphatic carbocycles. The lowest BCUT2D eigenvalue weighted by Crippen LogP contribution is -2.48. The molecule has 25 heavy (non-hydrogen) atoms. The Bertz CT molecular complexity index is 735. The van der Waals surface area contributed by atoms with Crippen LogP contribution in [0.1, 0.15) is 49.9 Å². The van der Waals surface area contributed by atoms with Gasteiger partial charge in [0.2, 0.25) is 10.0 Å². The highest BCUT2D eigenvalue weighted by atomic mass is 32.2. The minimum Gasteiger partial charge on any atom is -0.495 e. The molecule has 1 aromatic rings. The molecular formula is C18H28N2O4S. The van der Waals surface area contributed by atoms with Crippen molar-refractivity contribution in [2.24, 2.45) is 5.92 Å². The minimum atomic E-state index is -3.70. The quantitative estimate of drug-likeness (QED) is 0.867. The van der Waals surface area contributed by atoms with Crippen LogP contribution in [0, 0.1) is 5.92 Å². The molecule has 6 nitrogen and oxygen atoms in total. The molecule has 7 heteroatoms. The van der Waals surface area contributed by atoms with Crippen molar-refractivity contribution in [3.8, 4) is 5.75 Å². The molecule has 1 fully saturated rings. The molecular weight excluding hydrogens is 340 g/mol. The summed E-state index contributed by atoms with van der Waals surface area (Å²) in [5.74, 6) is 0.653. The molecule has 0 spiro atoms. The Balaban J connectivity index is 2.29. The SMILES string of the molecule is COc1ccc(C(=O)NC2(C)CCC(C)CC2)cc1S(=O)(=O)N(C)C. The largest absolute Gasteiger partial charge is 0.495 e. The summed E-state index contributed by atoms with van der Waals surface area (Å²) in [5.41, 5.74) is 0.0745. The molecule has 1 aliphatic rings. The van der Waals surface area contributed by atoms with Gasteiger partial charge in [-0.2, -0.15) is 0 Å². The van der Waals surface area contributed by atoms with E-state index in [2.05, 4.69) is 19.2 Å². The molecule has 0 unspecified atom stereocenters. The second kappa shape index (κ2) is 7.33. The first-order valence-electron chi connectivity index (χ1n) is 8.52. The summed E-state index contributed by atoms with van der Waals surface area (Å²) in [4.78, 5) is 12.7. The van der Waals surface area contributed by atoms with Crippen molar-refractivity contribution < 1.29 is 17.9 Å². The Morgan fingerprint density at radius 3 is 2.40 bits per heavy atom. The fraction of sp³-hybridized carbons (Fsp3) is 0.611. The molecule has 0 aromatic heterocycles. The molecule has 0 radical (unpaired) electrons. The first-order chi connectivity index (χ1) is 11.6. The van der Waals surface area contributed by atoms with Gasteiger partial charge in [-0.25, -0.2) is 12.7 Å². The van der Waals surface area contributed by atoms with Crippen molar-refractivity contribution in [3.63, 3.8) is 0 Å². The fourth-order valence-corrected chi connectivity index (χ4v) is 4.16. The second-order valence-corrected chi connectivity index (χ2v) is 9.47. The zero-order chi connectivity index (χ0) is 18.8. The van der Waals surface area contributed by atoms with E-state index in [0.717, 1.165) is 30.0 Å². The van der Waals surface area contributed by atoms with E-state index in [1.165, 1.54) is 33.3 Å². The van der Waals surface area contributed by atoms with Gasteiger partial charge in [-0.05, 0) is 56.7 Å². The third-order valence-electron chi connectivity index (χ3n) is 4.98. The number of nitrogens with zero attached hydrogens (tertiary/aromatic N) is 1. The van der Waals surface area contributed by atoms with Gasteiger partial charge in [0.1, 0.15) is 10.6 Å². The lowest BCUT2D eigenvalue weighted by molar-refractivity contribution is 0.0869. The van der Waals surface area contributed by atoms with Crippen LogP contribution in [0.15, 0.2) is 23.1 Å². The molecule has 2 rings (SSSR count). The normalized spacial score (nSPS) is 24.2. The molecule has 0 aliphatic heterocycles. The van der Waals surface area contributed by atoms with E-state index in [-0.39, 0.29) is 22.1 Å². The van der Waals surface area contributed by atoms with Crippen LogP contribution >= 0.6 is 0 Å². The number of sulfonamides is 1. The van der Waals surface area contributed by atoms with Crippen molar-refractivity contribution in [1.29, 1.82) is 0 Å². The van der Waals surface area contributed by atoms with E-state index in [9.17, 15) is 13.2 Å². The maximum absolute atomic E-state index is 12.7. The average molecular weight is 368 g/mol. The number of methoxy groups -OCH3 is 1. The number of nitrogens with one attached hydrogen (secondary N) is 1. The van der Waals surface area contributed by atoms with Crippen LogP contribution in [0.4, 0.5) is 0 Å². The first kappa shape index (κ1) is 19.7. The summed E-state index contributed by atoms with van der Waals surface area (Å²) in [6.07, 6.45) is 4.02. The minimum absolute atomic E-state index is 0.00457. The first-order valence-corrected chi connectivity index (χ1v) is 9.96. The summed E-state index contributed by atoms with van der Waals surface area (Å²) >= 11 is 0. The smallest absolute Gasteiger partial charge is 0.251 e. The number of hydrogen-bond donors (Lipinski definition) is 1. The van der Waals surface area contributed by atoms with E-state index in [0.29, 0.717) is 11.5 Å². The Morgan fingerprint density at radius 1 is 1.28 bits per heavy atom. The highest BCUT2D eigenvalue weighted by Crippen LogP contribution is 2.32. The van der Waals surface area contributed by atoms with E-state index in [1.54, 1.807) is 6.07 Å². The van der Waals surface area contributed by atoms with Gasteiger partial charge >= 0.3 is 0 Å². The van der Waals surface area contributed by atoms with Crippen LogP contribution in [0.3, 0.4) is 0 Å². The zero-order valence-electron chi connectivity index (χ0n) is 15.6. The lowest BCUT2D eigenvalue weighted by Gasteiger charge is -2.37. The highest BCUT2D eigenvalue weighted by molar-refractivity contribution is 7.89. The Labute approximate surface area is 150 Å². The summed E-state index contributed by atoms with van der Waals surface area (Å²) in [7, 11) is 0.608. The van der Waals surface area contributed by atoms with Crippen LogP contribution < -0.4 is 10.1 Å². The standard InChI is InChI=1S/C18H28N2O4S/c1-13-8-10-18(2,11-9-13)19-17(21)14-6-7-15(24-5)16(12-14)25(22,23)20(3)4/h6-7,12-13H,8-11H2,1-5H3,(H,19,21). The maximum Gasteiger partial charge on any atom is 0.251 e. The number of hydrogen-bond acceptors (Lipinski definition) is 4. The molecule has 1 aromatic carbocycles. The molecule has 1 saturated carbocycles. The number of ether oxygens (including phenoxy) is 1. The third kappa shape index (κ3) is 4.33. The molecule has 0 heterocycles. The Kier molecular flexibility index (Phi) is 5.79. The van der Waals surface area contributed by atoms with E-state index in [4.69, 9.17) is 4.74 Å². The summed E-state index contributed by atoms with van der Waals surface area (Å²) in [6, 6.07) is 4.51. The number of rotatable bonds is 5. The van der Waals surface area contributed by atoms with Crippen molar-refractivity contribution >= 4 is 15.9 Å². The maximum atomic E-state index is 12.7. The average Bonchev–Trinajstić information content (AvgIpc) is 2.57. The predicted molar refractivity (Wildman–Crippen MR) is 97.4 cm³/mol. The molecule has 0 saturated heterocycles. The summed E-state index contributed by atoms with van der Waals surface area (Å²) in [5, 5.41) is 3.09. The lowest BCUT2D eigenvalue weighted by atomic mass is 9.78. The molecule has 140 valence electrons. The van der Waals surface area contributed by atoms with Crippen molar-refractivity contribution in [3.05, 3.63) is 23.8 Å². The number of carbonyl (C=O) groups excluding carboxylic acids is 1. The predicted octanol–water partition coefficient (Wildman–Crippen LogP) is 2.64. The van der Waals surface area contributed by atoms with Gasteiger partial charge in [0.15, 0.2) is 0 Å². The summed E-state index contributed by atoms with van der Waals surface area (Å²) < 4.78 is 31.2. The van der Waals surface area contributed by atoms with Crippen LogP contribution in [-0.2, 0) is 10.0 Å². The van der Waals surface area contributed by atoms with Gasteiger partial charge in [0.05, 0.1) is 7.11 Å². The topological polar surface area (TPSA) is 75.7 Å². The Hall–Kier alpha value is -1.60. The van der Waals surface area contributed by atoms with Gasteiger partial charge in [-0.15, -0.1) is 0 Å². The Morgan fingerprint density at radius 2 is 1.88 bits per heavy atom. The fourth-order valence-electron chi connectivity index (χ4n) is 3.09. The summed E-state index contributed by atoms with van der Waals surface area (Å²) in [6.45, 7) is 4.28. The van der Waals surface area contributed by atoms with Crippen LogP contribution in [0.25, 0.3) is 0 Å². The van der Waals surface area contributed by atoms with E-state index >= 15 is 0 Å². The molecule has 0 bridgehead atoms. The monoisotopic (exact) mass is 368 g/mol. The number of amides is 1. The van der Waals surface area contributed by atoms with E-state index < -0.39 is 10.0 Å². The van der Waals surface area contributed by atoms with Crippen molar-refractivity contribution in [2.75, 3.05) is 21.2 Å². The van der Waals surface area contributed by atoms with Crippen molar-refractivity contribution in [1.82, 2.24) is 9.62 Å². The zero-order valence-corrected chi connectivity index (χ0v) is 16.4. The van der Waals surface area contributed by atoms with E-state index in [1.807, 2.05) is 0 Å². The van der Waals surface area contributed by atoms with Crippen LogP contribution in [-0.4, -0.2) is 45.4 Å². The van der Waals surface area contributed by atoms with Gasteiger partial charge in [0.25, 0.3) is 5.91 Å². The van der Waals surface area contributed by atoms with Crippen molar-refractivity contribution in [2.45, 2.75) is 50.0 Å². The van der Waals surface area contributed by atoms with Gasteiger partial charge in [-0.1, -0.05) is 6.92 Å². The number of benzene rings is 1. The van der Waals surface area contributed by atoms with Gasteiger partial charge in [0, 0.05) is 25.2 Å². The molecule has 0 atom stereocenters.